The average Bonchev–Trinajstić information content (AvgIpc) is 2.68. The van der Waals surface area contributed by atoms with Crippen molar-refractivity contribution in [3.05, 3.63) is 53.6 Å². The quantitative estimate of drug-likeness (QED) is 0.742. The van der Waals surface area contributed by atoms with E-state index in [0.717, 1.165) is 17.5 Å². The summed E-state index contributed by atoms with van der Waals surface area (Å²) in [6.45, 7) is 5.05. The van der Waals surface area contributed by atoms with Gasteiger partial charge in [0.2, 0.25) is 0 Å². The summed E-state index contributed by atoms with van der Waals surface area (Å²) in [5.41, 5.74) is 2.42. The molecule has 138 valence electrons. The SMILES string of the molecule is CC(C)c1cnc(C(F)(F)C2CCN(c3ccc(C=O)cc3)CC2)nc1. The van der Waals surface area contributed by atoms with Crippen LogP contribution < -0.4 is 4.90 Å². The zero-order chi connectivity index (χ0) is 18.7. The van der Waals surface area contributed by atoms with E-state index in [2.05, 4.69) is 14.9 Å². The maximum atomic E-state index is 14.8. The molecule has 0 atom stereocenters. The lowest BCUT2D eigenvalue weighted by atomic mass is 9.89. The molecule has 1 saturated heterocycles. The molecule has 0 N–H and O–H groups in total. The van der Waals surface area contributed by atoms with Crippen molar-refractivity contribution in [1.82, 2.24) is 9.97 Å². The molecule has 0 amide bonds. The van der Waals surface area contributed by atoms with Gasteiger partial charge in [-0.05, 0) is 48.6 Å². The van der Waals surface area contributed by atoms with Crippen molar-refractivity contribution in [2.24, 2.45) is 5.92 Å². The molecule has 0 unspecified atom stereocenters. The second kappa shape index (κ2) is 7.48. The molecular formula is C20H23F2N3O. The standard InChI is InChI=1S/C20H23F2N3O/c1-14(2)16-11-23-19(24-12-16)20(21,22)17-7-9-25(10-8-17)18-5-3-15(13-26)4-6-18/h3-6,11-14,17H,7-10H2,1-2H3. The van der Waals surface area contributed by atoms with Gasteiger partial charge in [0.05, 0.1) is 0 Å². The molecule has 2 heterocycles. The van der Waals surface area contributed by atoms with E-state index in [0.29, 0.717) is 31.5 Å². The van der Waals surface area contributed by atoms with Gasteiger partial charge < -0.3 is 4.90 Å². The fraction of sp³-hybridized carbons (Fsp3) is 0.450. The molecule has 1 aliphatic heterocycles. The third kappa shape index (κ3) is 3.74. The zero-order valence-electron chi connectivity index (χ0n) is 15.0. The van der Waals surface area contributed by atoms with Gasteiger partial charge in [-0.15, -0.1) is 0 Å². The number of nitrogens with zero attached hydrogens (tertiary/aromatic N) is 3. The number of rotatable bonds is 5. The Kier molecular flexibility index (Phi) is 5.30. The topological polar surface area (TPSA) is 46.1 Å². The smallest absolute Gasteiger partial charge is 0.309 e. The van der Waals surface area contributed by atoms with E-state index < -0.39 is 11.8 Å². The van der Waals surface area contributed by atoms with Crippen LogP contribution >= 0.6 is 0 Å². The minimum atomic E-state index is -3.02. The number of aldehydes is 1. The lowest BCUT2D eigenvalue weighted by Gasteiger charge is -2.36. The summed E-state index contributed by atoms with van der Waals surface area (Å²) in [6, 6.07) is 7.20. The number of aromatic nitrogens is 2. The second-order valence-electron chi connectivity index (χ2n) is 7.09. The fourth-order valence-electron chi connectivity index (χ4n) is 3.25. The largest absolute Gasteiger partial charge is 0.372 e. The first-order chi connectivity index (χ1) is 12.4. The summed E-state index contributed by atoms with van der Waals surface area (Å²) in [4.78, 5) is 20.7. The minimum Gasteiger partial charge on any atom is -0.372 e. The van der Waals surface area contributed by atoms with E-state index in [4.69, 9.17) is 0 Å². The van der Waals surface area contributed by atoms with Crippen LogP contribution in [0.4, 0.5) is 14.5 Å². The predicted octanol–water partition coefficient (Wildman–Crippen LogP) is 4.42. The summed E-state index contributed by atoms with van der Waals surface area (Å²) in [7, 11) is 0. The van der Waals surface area contributed by atoms with Crippen molar-refractivity contribution in [2.45, 2.75) is 38.5 Å². The number of benzene rings is 1. The van der Waals surface area contributed by atoms with Crippen molar-refractivity contribution in [1.29, 1.82) is 0 Å². The van der Waals surface area contributed by atoms with E-state index in [9.17, 15) is 13.6 Å². The summed E-state index contributed by atoms with van der Waals surface area (Å²) >= 11 is 0. The lowest BCUT2D eigenvalue weighted by Crippen LogP contribution is -2.40. The monoisotopic (exact) mass is 359 g/mol. The molecule has 4 nitrogen and oxygen atoms in total. The number of alkyl halides is 2. The first-order valence-electron chi connectivity index (χ1n) is 8.92. The molecule has 0 bridgehead atoms. The molecule has 0 aliphatic carbocycles. The van der Waals surface area contributed by atoms with Gasteiger partial charge in [-0.1, -0.05) is 13.8 Å². The highest BCUT2D eigenvalue weighted by atomic mass is 19.3. The average molecular weight is 359 g/mol. The summed E-state index contributed by atoms with van der Waals surface area (Å²) < 4.78 is 29.6. The first-order valence-corrected chi connectivity index (χ1v) is 8.92. The fourth-order valence-corrected chi connectivity index (χ4v) is 3.25. The van der Waals surface area contributed by atoms with E-state index in [1.54, 1.807) is 12.1 Å². The highest BCUT2D eigenvalue weighted by Crippen LogP contribution is 2.40. The van der Waals surface area contributed by atoms with Gasteiger partial charge in [-0.2, -0.15) is 8.78 Å². The van der Waals surface area contributed by atoms with Crippen LogP contribution in [0.15, 0.2) is 36.7 Å². The Morgan fingerprint density at radius 1 is 1.12 bits per heavy atom. The van der Waals surface area contributed by atoms with Crippen LogP contribution in [-0.2, 0) is 5.92 Å². The van der Waals surface area contributed by atoms with E-state index in [1.807, 2.05) is 26.0 Å². The van der Waals surface area contributed by atoms with Crippen LogP contribution in [0.1, 0.15) is 54.4 Å². The normalized spacial score (nSPS) is 16.1. The predicted molar refractivity (Wildman–Crippen MR) is 96.8 cm³/mol. The Hall–Kier alpha value is -2.37. The van der Waals surface area contributed by atoms with E-state index in [1.165, 1.54) is 12.4 Å². The molecule has 1 fully saturated rings. The van der Waals surface area contributed by atoms with Crippen LogP contribution in [0.25, 0.3) is 0 Å². The lowest BCUT2D eigenvalue weighted by molar-refractivity contribution is -0.0812. The molecule has 1 aromatic heterocycles. The third-order valence-corrected chi connectivity index (χ3v) is 5.04. The number of piperidine rings is 1. The number of carbonyl (C=O) groups is 1. The minimum absolute atomic E-state index is 0.214. The number of halogens is 2. The maximum absolute atomic E-state index is 14.8. The maximum Gasteiger partial charge on any atom is 0.309 e. The third-order valence-electron chi connectivity index (χ3n) is 5.04. The Balaban J connectivity index is 1.66. The molecule has 0 spiro atoms. The molecule has 1 aliphatic rings. The van der Waals surface area contributed by atoms with Gasteiger partial charge in [0.25, 0.3) is 0 Å². The number of anilines is 1. The zero-order valence-corrected chi connectivity index (χ0v) is 15.0. The van der Waals surface area contributed by atoms with Gasteiger partial charge in [0.15, 0.2) is 5.82 Å². The van der Waals surface area contributed by atoms with Crippen LogP contribution in [0.3, 0.4) is 0 Å². The highest BCUT2D eigenvalue weighted by molar-refractivity contribution is 5.75. The Bertz CT molecular complexity index is 737. The summed E-state index contributed by atoms with van der Waals surface area (Å²) in [5.74, 6) is -3.96. The van der Waals surface area contributed by atoms with Gasteiger partial charge in [0.1, 0.15) is 6.29 Å². The van der Waals surface area contributed by atoms with Crippen molar-refractivity contribution >= 4 is 12.0 Å². The van der Waals surface area contributed by atoms with Crippen LogP contribution in [-0.4, -0.2) is 29.3 Å². The van der Waals surface area contributed by atoms with Crippen LogP contribution in [0.5, 0.6) is 0 Å². The van der Waals surface area contributed by atoms with Crippen molar-refractivity contribution in [2.75, 3.05) is 18.0 Å². The highest BCUT2D eigenvalue weighted by Gasteiger charge is 2.45. The van der Waals surface area contributed by atoms with E-state index >= 15 is 0 Å². The first kappa shape index (κ1) is 18.4. The molecule has 3 rings (SSSR count). The molecule has 0 radical (unpaired) electrons. The Labute approximate surface area is 152 Å². The number of hydrogen-bond donors (Lipinski definition) is 0. The van der Waals surface area contributed by atoms with Crippen LogP contribution in [0, 0.1) is 5.92 Å². The van der Waals surface area contributed by atoms with Crippen LogP contribution in [0.2, 0.25) is 0 Å². The summed E-state index contributed by atoms with van der Waals surface area (Å²) in [6.07, 6.45) is 4.55. The van der Waals surface area contributed by atoms with Gasteiger partial charge in [-0.3, -0.25) is 4.79 Å². The number of carbonyl (C=O) groups excluding carboxylic acids is 1. The van der Waals surface area contributed by atoms with Gasteiger partial charge in [0, 0.05) is 42.7 Å². The second-order valence-corrected chi connectivity index (χ2v) is 7.09. The molecule has 1 aromatic carbocycles. The van der Waals surface area contributed by atoms with Crippen molar-refractivity contribution in [3.63, 3.8) is 0 Å². The number of hydrogen-bond acceptors (Lipinski definition) is 4. The van der Waals surface area contributed by atoms with E-state index in [-0.39, 0.29) is 11.7 Å². The molecule has 6 heteroatoms. The van der Waals surface area contributed by atoms with Crippen molar-refractivity contribution in [3.8, 4) is 0 Å². The molecule has 0 saturated carbocycles. The molecule has 2 aromatic rings. The molecular weight excluding hydrogens is 336 g/mol. The Morgan fingerprint density at radius 2 is 1.69 bits per heavy atom. The molecule has 26 heavy (non-hydrogen) atoms. The van der Waals surface area contributed by atoms with Crippen molar-refractivity contribution < 1.29 is 13.6 Å². The van der Waals surface area contributed by atoms with Gasteiger partial charge in [-0.25, -0.2) is 9.97 Å². The summed E-state index contributed by atoms with van der Waals surface area (Å²) in [5, 5.41) is 0. The van der Waals surface area contributed by atoms with Gasteiger partial charge >= 0.3 is 5.92 Å². The Morgan fingerprint density at radius 3 is 2.19 bits per heavy atom.